The summed E-state index contributed by atoms with van der Waals surface area (Å²) in [6, 6.07) is 22.9. The van der Waals surface area contributed by atoms with Gasteiger partial charge in [-0.05, 0) is 72.9 Å². The van der Waals surface area contributed by atoms with Gasteiger partial charge in [0, 0.05) is 27.9 Å². The van der Waals surface area contributed by atoms with Crippen LogP contribution in [-0.2, 0) is 0 Å². The number of benzene rings is 2. The molecule has 0 bridgehead atoms. The summed E-state index contributed by atoms with van der Waals surface area (Å²) in [6.45, 7) is 0.213. The van der Waals surface area contributed by atoms with E-state index in [1.165, 1.54) is 11.8 Å². The molecule has 0 saturated carbocycles. The van der Waals surface area contributed by atoms with Crippen molar-refractivity contribution in [2.75, 3.05) is 11.7 Å². The highest BCUT2D eigenvalue weighted by atomic mass is 35.5. The van der Waals surface area contributed by atoms with Crippen molar-refractivity contribution in [1.29, 1.82) is 0 Å². The molecule has 6 nitrogen and oxygen atoms in total. The second kappa shape index (κ2) is 8.87. The highest BCUT2D eigenvalue weighted by Crippen LogP contribution is 2.45. The molecule has 170 valence electrons. The highest BCUT2D eigenvalue weighted by Gasteiger charge is 2.43. The van der Waals surface area contributed by atoms with Crippen LogP contribution in [-0.4, -0.2) is 16.9 Å². The van der Waals surface area contributed by atoms with Crippen LogP contribution in [0, 0.1) is 0 Å². The lowest BCUT2D eigenvalue weighted by Crippen LogP contribution is -2.29. The number of nitrogens with zero attached hydrogens (tertiary/aromatic N) is 2. The number of anilines is 1. The maximum Gasteiger partial charge on any atom is 0.231 e. The zero-order valence-electron chi connectivity index (χ0n) is 17.7. The first-order valence-corrected chi connectivity index (χ1v) is 12.2. The number of aromatic nitrogens is 1. The number of hydrogen-bond donors (Lipinski definition) is 1. The maximum atomic E-state index is 6.35. The molecule has 2 aliphatic heterocycles. The molecule has 0 aliphatic carbocycles. The largest absolute Gasteiger partial charge is 0.454 e. The zero-order chi connectivity index (χ0) is 23.1. The predicted molar refractivity (Wildman–Crippen MR) is 135 cm³/mol. The van der Waals surface area contributed by atoms with Crippen LogP contribution in [0.5, 0.6) is 11.5 Å². The summed E-state index contributed by atoms with van der Waals surface area (Å²) in [5.41, 5.74) is 1.76. The van der Waals surface area contributed by atoms with Gasteiger partial charge in [-0.1, -0.05) is 29.4 Å². The summed E-state index contributed by atoms with van der Waals surface area (Å²) < 4.78 is 17.4. The summed E-state index contributed by atoms with van der Waals surface area (Å²) >= 11 is 13.3. The van der Waals surface area contributed by atoms with Crippen LogP contribution >= 0.6 is 35.6 Å². The highest BCUT2D eigenvalue weighted by molar-refractivity contribution is 7.99. The first-order valence-electron chi connectivity index (χ1n) is 10.6. The van der Waals surface area contributed by atoms with E-state index in [1.807, 2.05) is 77.7 Å². The quantitative estimate of drug-likeness (QED) is 0.312. The molecule has 0 spiro atoms. The van der Waals surface area contributed by atoms with E-state index in [1.54, 1.807) is 6.20 Å². The number of nitrogens with one attached hydrogen (secondary N) is 1. The summed E-state index contributed by atoms with van der Waals surface area (Å²) in [7, 11) is 0. The fraction of sp³-hybridized carbons (Fsp3) is 0.120. The lowest BCUT2D eigenvalue weighted by molar-refractivity contribution is 0.174. The Kier molecular flexibility index (Phi) is 5.57. The average Bonchev–Trinajstić information content (AvgIpc) is 3.59. The molecular weight excluding hydrogens is 490 g/mol. The van der Waals surface area contributed by atoms with Gasteiger partial charge in [0.15, 0.2) is 21.7 Å². The summed E-state index contributed by atoms with van der Waals surface area (Å²) in [5, 5.41) is 5.51. The molecule has 0 amide bonds. The molecule has 4 heterocycles. The van der Waals surface area contributed by atoms with Crippen LogP contribution in [0.4, 0.5) is 5.69 Å². The van der Waals surface area contributed by atoms with E-state index in [0.717, 1.165) is 32.9 Å². The smallest absolute Gasteiger partial charge is 0.231 e. The van der Waals surface area contributed by atoms with Gasteiger partial charge in [-0.15, -0.1) is 0 Å². The molecule has 2 aliphatic rings. The van der Waals surface area contributed by atoms with E-state index < -0.39 is 0 Å². The SMILES string of the molecule is S=C1N[C@@H](c2ccccn2)[C@H](c2ccc(Sc3ccc(Cl)cc3)o2)N1c1ccc2c(c1)OCO2. The predicted octanol–water partition coefficient (Wildman–Crippen LogP) is 6.39. The third-order valence-corrected chi connectivity index (χ3v) is 7.15. The van der Waals surface area contributed by atoms with Crippen molar-refractivity contribution >= 4 is 46.4 Å². The fourth-order valence-electron chi connectivity index (χ4n) is 4.12. The molecule has 1 saturated heterocycles. The maximum absolute atomic E-state index is 6.35. The molecule has 0 radical (unpaired) electrons. The van der Waals surface area contributed by atoms with E-state index >= 15 is 0 Å². The van der Waals surface area contributed by atoms with Crippen LogP contribution in [0.3, 0.4) is 0 Å². The van der Waals surface area contributed by atoms with Crippen LogP contribution in [0.1, 0.15) is 23.5 Å². The number of halogens is 1. The Morgan fingerprint density at radius 2 is 1.85 bits per heavy atom. The molecule has 2 aromatic heterocycles. The van der Waals surface area contributed by atoms with Crippen LogP contribution in [0.2, 0.25) is 5.02 Å². The van der Waals surface area contributed by atoms with Gasteiger partial charge in [0.25, 0.3) is 0 Å². The van der Waals surface area contributed by atoms with Gasteiger partial charge in [0.05, 0.1) is 11.7 Å². The molecule has 2 atom stereocenters. The van der Waals surface area contributed by atoms with Gasteiger partial charge >= 0.3 is 0 Å². The van der Waals surface area contributed by atoms with E-state index in [9.17, 15) is 0 Å². The first kappa shape index (κ1) is 21.3. The van der Waals surface area contributed by atoms with E-state index in [0.29, 0.717) is 15.9 Å². The molecule has 2 aromatic carbocycles. The lowest BCUT2D eigenvalue weighted by atomic mass is 10.0. The third kappa shape index (κ3) is 3.98. The monoisotopic (exact) mass is 507 g/mol. The third-order valence-electron chi connectivity index (χ3n) is 5.66. The van der Waals surface area contributed by atoms with Crippen molar-refractivity contribution in [3.63, 3.8) is 0 Å². The van der Waals surface area contributed by atoms with Crippen molar-refractivity contribution in [3.05, 3.63) is 95.5 Å². The van der Waals surface area contributed by atoms with Gasteiger partial charge in [0.1, 0.15) is 11.8 Å². The number of rotatable bonds is 5. The van der Waals surface area contributed by atoms with Crippen molar-refractivity contribution < 1.29 is 13.9 Å². The number of thiocarbonyl (C=S) groups is 1. The number of furan rings is 1. The zero-order valence-corrected chi connectivity index (χ0v) is 20.1. The Labute approximate surface area is 210 Å². The van der Waals surface area contributed by atoms with Crippen molar-refractivity contribution in [1.82, 2.24) is 10.3 Å². The Hall–Kier alpha value is -3.20. The molecule has 0 unspecified atom stereocenters. The molecule has 1 N–H and O–H groups in total. The standard InChI is InChI=1S/C25H18ClN3O3S2/c26-15-4-7-17(8-5-15)34-22-11-10-20(32-22)24-23(18-3-1-2-12-27-18)28-25(33)29(24)16-6-9-19-21(13-16)31-14-30-19/h1-13,23-24H,14H2,(H,28,33)/t23-,24-/m0/s1. The minimum atomic E-state index is -0.248. The molecule has 6 rings (SSSR count). The van der Waals surface area contributed by atoms with E-state index in [4.69, 9.17) is 37.7 Å². The lowest BCUT2D eigenvalue weighted by Gasteiger charge is -2.26. The molecular formula is C25H18ClN3O3S2. The Morgan fingerprint density at radius 3 is 2.68 bits per heavy atom. The van der Waals surface area contributed by atoms with E-state index in [2.05, 4.69) is 10.3 Å². The van der Waals surface area contributed by atoms with Gasteiger partial charge in [-0.25, -0.2) is 0 Å². The van der Waals surface area contributed by atoms with Crippen molar-refractivity contribution in [3.8, 4) is 11.5 Å². The summed E-state index contributed by atoms with van der Waals surface area (Å²) in [5.74, 6) is 2.19. The molecule has 34 heavy (non-hydrogen) atoms. The van der Waals surface area contributed by atoms with Crippen LogP contribution in [0.25, 0.3) is 0 Å². The fourth-order valence-corrected chi connectivity index (χ4v) is 5.37. The molecule has 4 aromatic rings. The number of fused-ring (bicyclic) bond motifs is 1. The Morgan fingerprint density at radius 1 is 1.00 bits per heavy atom. The normalized spacial score (nSPS) is 18.9. The van der Waals surface area contributed by atoms with Crippen LogP contribution in [0.15, 0.2) is 93.4 Å². The van der Waals surface area contributed by atoms with E-state index in [-0.39, 0.29) is 18.9 Å². The summed E-state index contributed by atoms with van der Waals surface area (Å²) in [4.78, 5) is 7.68. The minimum absolute atomic E-state index is 0.196. The second-order valence-corrected chi connectivity index (χ2v) is 9.65. The van der Waals surface area contributed by atoms with Crippen LogP contribution < -0.4 is 19.7 Å². The van der Waals surface area contributed by atoms with Crippen molar-refractivity contribution in [2.24, 2.45) is 0 Å². The Balaban J connectivity index is 1.38. The van der Waals surface area contributed by atoms with Gasteiger partial charge in [0.2, 0.25) is 6.79 Å². The second-order valence-electron chi connectivity index (χ2n) is 7.75. The van der Waals surface area contributed by atoms with Gasteiger partial charge in [-0.2, -0.15) is 0 Å². The number of ether oxygens (including phenoxy) is 2. The minimum Gasteiger partial charge on any atom is -0.454 e. The molecule has 9 heteroatoms. The number of pyridine rings is 1. The van der Waals surface area contributed by atoms with Crippen molar-refractivity contribution in [2.45, 2.75) is 22.1 Å². The topological polar surface area (TPSA) is 59.8 Å². The summed E-state index contributed by atoms with van der Waals surface area (Å²) in [6.07, 6.45) is 1.78. The Bertz CT molecular complexity index is 1350. The average molecular weight is 508 g/mol. The number of hydrogen-bond acceptors (Lipinski definition) is 6. The van der Waals surface area contributed by atoms with Gasteiger partial charge in [-0.3, -0.25) is 4.98 Å². The molecule has 1 fully saturated rings. The first-order chi connectivity index (χ1) is 16.7. The van der Waals surface area contributed by atoms with Gasteiger partial charge < -0.3 is 24.1 Å².